The minimum atomic E-state index is -0.231. The molecule has 0 fully saturated rings. The molecule has 2 aromatic carbocycles. The lowest BCUT2D eigenvalue weighted by Crippen LogP contribution is -2.15. The van der Waals surface area contributed by atoms with Gasteiger partial charge < -0.3 is 14.4 Å². The molecule has 3 heterocycles. The van der Waals surface area contributed by atoms with Crippen LogP contribution in [0.4, 0.5) is 0 Å². The zero-order valence-electron chi connectivity index (χ0n) is 19.4. The van der Waals surface area contributed by atoms with E-state index in [0.29, 0.717) is 34.0 Å². The van der Waals surface area contributed by atoms with E-state index < -0.39 is 0 Å². The number of nitrogens with zero attached hydrogens (tertiary/aromatic N) is 2. The zero-order valence-corrected chi connectivity index (χ0v) is 19.4. The van der Waals surface area contributed by atoms with Crippen LogP contribution in [-0.2, 0) is 5.41 Å². The van der Waals surface area contributed by atoms with Crippen LogP contribution in [-0.4, -0.2) is 20.2 Å². The Hall–Kier alpha value is -4.26. The molecule has 0 spiro atoms. The largest absolute Gasteiger partial charge is 0.421 e. The quantitative estimate of drug-likeness (QED) is 0.391. The molecule has 0 atom stereocenters. The van der Waals surface area contributed by atoms with Gasteiger partial charge in [0.15, 0.2) is 0 Å². The third kappa shape index (κ3) is 3.85. The average molecular weight is 453 g/mol. The van der Waals surface area contributed by atoms with Gasteiger partial charge in [-0.2, -0.15) is 0 Å². The van der Waals surface area contributed by atoms with Gasteiger partial charge in [-0.15, -0.1) is 10.2 Å². The number of aromatic amines is 2. The van der Waals surface area contributed by atoms with Crippen LogP contribution in [0.1, 0.15) is 32.2 Å². The van der Waals surface area contributed by atoms with Crippen molar-refractivity contribution in [2.24, 2.45) is 0 Å². The summed E-state index contributed by atoms with van der Waals surface area (Å²) in [6, 6.07) is 16.9. The second-order valence-corrected chi connectivity index (χ2v) is 9.37. The fourth-order valence-corrected chi connectivity index (χ4v) is 4.02. The van der Waals surface area contributed by atoms with Crippen LogP contribution in [0.5, 0.6) is 0 Å². The first-order chi connectivity index (χ1) is 16.2. The van der Waals surface area contributed by atoms with Crippen molar-refractivity contribution >= 4 is 10.9 Å². The molecular formula is C27H24N4O3. The second-order valence-electron chi connectivity index (χ2n) is 9.37. The van der Waals surface area contributed by atoms with Crippen molar-refractivity contribution in [1.82, 2.24) is 20.2 Å². The first-order valence-corrected chi connectivity index (χ1v) is 11.0. The maximum absolute atomic E-state index is 13.2. The van der Waals surface area contributed by atoms with Crippen molar-refractivity contribution in [2.45, 2.75) is 33.1 Å². The summed E-state index contributed by atoms with van der Waals surface area (Å²) >= 11 is 0. The number of aromatic nitrogens is 4. The van der Waals surface area contributed by atoms with E-state index in [-0.39, 0.29) is 16.5 Å². The van der Waals surface area contributed by atoms with Crippen LogP contribution in [0.25, 0.3) is 44.6 Å². The molecule has 2 N–H and O–H groups in total. The van der Waals surface area contributed by atoms with Crippen LogP contribution >= 0.6 is 0 Å². The van der Waals surface area contributed by atoms with Crippen LogP contribution in [0.15, 0.2) is 74.8 Å². The molecule has 0 aliphatic heterocycles. The summed E-state index contributed by atoms with van der Waals surface area (Å²) in [5.74, 6) is 0.928. The van der Waals surface area contributed by atoms with Crippen LogP contribution < -0.4 is 11.1 Å². The molecule has 7 nitrogen and oxygen atoms in total. The number of rotatable bonds is 3. The second kappa shape index (κ2) is 7.95. The number of nitrogens with one attached hydrogen (secondary N) is 2. The SMILES string of the molecule is Cc1nnc(-c2ccc(-c3cc4cc(C(C)(C)C)cc(-c5ccc[nH]c5=O)c4[nH]c3=O)cc2)o1. The van der Waals surface area contributed by atoms with Crippen molar-refractivity contribution in [2.75, 3.05) is 0 Å². The van der Waals surface area contributed by atoms with Gasteiger partial charge in [-0.3, -0.25) is 9.59 Å². The molecule has 0 saturated heterocycles. The van der Waals surface area contributed by atoms with E-state index in [2.05, 4.69) is 47.0 Å². The Morgan fingerprint density at radius 2 is 1.56 bits per heavy atom. The summed E-state index contributed by atoms with van der Waals surface area (Å²) in [4.78, 5) is 31.5. The van der Waals surface area contributed by atoms with Gasteiger partial charge >= 0.3 is 0 Å². The molecule has 7 heteroatoms. The maximum atomic E-state index is 13.2. The standard InChI is InChI=1S/C27H24N4O3/c1-15-30-31-26(34-15)17-9-7-16(8-10-17)21-13-18-12-19(27(2,3)4)14-22(23(18)29-25(21)33)20-6-5-11-28-24(20)32/h5-14H,1-4H3,(H,28,32)(H,29,33). The number of pyridine rings is 2. The third-order valence-corrected chi connectivity index (χ3v) is 5.90. The van der Waals surface area contributed by atoms with Crippen molar-refractivity contribution < 1.29 is 4.42 Å². The van der Waals surface area contributed by atoms with E-state index in [1.807, 2.05) is 36.4 Å². The molecule has 0 unspecified atom stereocenters. The molecule has 0 aliphatic carbocycles. The highest BCUT2D eigenvalue weighted by Crippen LogP contribution is 2.33. The minimum absolute atomic E-state index is 0.148. The highest BCUT2D eigenvalue weighted by atomic mass is 16.4. The molecule has 3 aromatic heterocycles. The topological polar surface area (TPSA) is 105 Å². The summed E-state index contributed by atoms with van der Waals surface area (Å²) in [5, 5.41) is 8.76. The molecule has 5 aromatic rings. The molecule has 0 radical (unpaired) electrons. The third-order valence-electron chi connectivity index (χ3n) is 5.90. The van der Waals surface area contributed by atoms with Gasteiger partial charge in [0.1, 0.15) is 0 Å². The molecule has 0 bridgehead atoms. The van der Waals surface area contributed by atoms with E-state index in [1.54, 1.807) is 25.3 Å². The lowest BCUT2D eigenvalue weighted by Gasteiger charge is -2.21. The Labute approximate surface area is 195 Å². The predicted molar refractivity (Wildman–Crippen MR) is 133 cm³/mol. The number of hydrogen-bond donors (Lipinski definition) is 2. The van der Waals surface area contributed by atoms with Gasteiger partial charge in [-0.05, 0) is 64.4 Å². The summed E-state index contributed by atoms with van der Waals surface area (Å²) in [7, 11) is 0. The van der Waals surface area contributed by atoms with Gasteiger partial charge in [0.05, 0.1) is 5.52 Å². The monoisotopic (exact) mass is 452 g/mol. The first kappa shape index (κ1) is 21.6. The lowest BCUT2D eigenvalue weighted by molar-refractivity contribution is 0.533. The van der Waals surface area contributed by atoms with E-state index in [9.17, 15) is 9.59 Å². The van der Waals surface area contributed by atoms with Crippen molar-refractivity contribution in [3.63, 3.8) is 0 Å². The Kier molecular flexibility index (Phi) is 5.05. The number of H-pyrrole nitrogens is 2. The van der Waals surface area contributed by atoms with Gasteiger partial charge in [0.2, 0.25) is 11.8 Å². The number of fused-ring (bicyclic) bond motifs is 1. The Morgan fingerprint density at radius 3 is 2.21 bits per heavy atom. The van der Waals surface area contributed by atoms with E-state index in [4.69, 9.17) is 4.42 Å². The summed E-state index contributed by atoms with van der Waals surface area (Å²) in [5.41, 5.74) is 4.43. The molecule has 5 rings (SSSR count). The number of benzene rings is 2. The summed E-state index contributed by atoms with van der Waals surface area (Å²) in [6.45, 7) is 8.11. The predicted octanol–water partition coefficient (Wildman–Crippen LogP) is 5.21. The normalized spacial score (nSPS) is 11.8. The van der Waals surface area contributed by atoms with Crippen molar-refractivity contribution in [1.29, 1.82) is 0 Å². The highest BCUT2D eigenvalue weighted by molar-refractivity contribution is 5.96. The van der Waals surface area contributed by atoms with Gasteiger partial charge in [0, 0.05) is 35.4 Å². The van der Waals surface area contributed by atoms with E-state index in [0.717, 1.165) is 22.1 Å². The maximum Gasteiger partial charge on any atom is 0.256 e. The van der Waals surface area contributed by atoms with Crippen molar-refractivity contribution in [3.8, 4) is 33.7 Å². The van der Waals surface area contributed by atoms with Crippen LogP contribution in [0.3, 0.4) is 0 Å². The summed E-state index contributed by atoms with van der Waals surface area (Å²) in [6.07, 6.45) is 1.60. The van der Waals surface area contributed by atoms with Gasteiger partial charge in [-0.1, -0.05) is 32.9 Å². The summed E-state index contributed by atoms with van der Waals surface area (Å²) < 4.78 is 5.49. The molecule has 0 saturated carbocycles. The van der Waals surface area contributed by atoms with E-state index in [1.165, 1.54) is 0 Å². The van der Waals surface area contributed by atoms with Crippen LogP contribution in [0, 0.1) is 6.92 Å². The number of hydrogen-bond acceptors (Lipinski definition) is 5. The lowest BCUT2D eigenvalue weighted by atomic mass is 9.84. The Morgan fingerprint density at radius 1 is 0.824 bits per heavy atom. The number of aryl methyl sites for hydroxylation is 1. The molecular weight excluding hydrogens is 428 g/mol. The molecule has 170 valence electrons. The Balaban J connectivity index is 1.70. The Bertz CT molecular complexity index is 1630. The van der Waals surface area contributed by atoms with Gasteiger partial charge in [-0.25, -0.2) is 0 Å². The zero-order chi connectivity index (χ0) is 24.0. The fraction of sp³-hybridized carbons (Fsp3) is 0.185. The first-order valence-electron chi connectivity index (χ1n) is 11.0. The van der Waals surface area contributed by atoms with E-state index >= 15 is 0 Å². The van der Waals surface area contributed by atoms with Gasteiger partial charge in [0.25, 0.3) is 11.1 Å². The molecule has 34 heavy (non-hydrogen) atoms. The molecule has 0 amide bonds. The van der Waals surface area contributed by atoms with Crippen molar-refractivity contribution in [3.05, 3.63) is 93.0 Å². The highest BCUT2D eigenvalue weighted by Gasteiger charge is 2.19. The smallest absolute Gasteiger partial charge is 0.256 e. The molecule has 0 aliphatic rings. The average Bonchev–Trinajstić information content (AvgIpc) is 3.24. The fourth-order valence-electron chi connectivity index (χ4n) is 4.02. The minimum Gasteiger partial charge on any atom is -0.421 e. The van der Waals surface area contributed by atoms with Crippen LogP contribution in [0.2, 0.25) is 0 Å².